The van der Waals surface area contributed by atoms with Gasteiger partial charge in [-0.15, -0.1) is 0 Å². The van der Waals surface area contributed by atoms with Crippen molar-refractivity contribution in [2.75, 3.05) is 20.3 Å². The summed E-state index contributed by atoms with van der Waals surface area (Å²) in [5.74, 6) is -1.43. The summed E-state index contributed by atoms with van der Waals surface area (Å²) < 4.78 is 9.98. The van der Waals surface area contributed by atoms with Crippen LogP contribution >= 0.6 is 0 Å². The fraction of sp³-hybridized carbons (Fsp3) is 0.500. The second kappa shape index (κ2) is 6.20. The number of ether oxygens (including phenoxy) is 1. The molecule has 18 heavy (non-hydrogen) atoms. The third kappa shape index (κ3) is 3.10. The number of carboxylic acids is 1. The van der Waals surface area contributed by atoms with E-state index in [1.807, 2.05) is 13.8 Å². The Morgan fingerprint density at radius 2 is 2.22 bits per heavy atom. The predicted molar refractivity (Wildman–Crippen MR) is 63.7 cm³/mol. The van der Waals surface area contributed by atoms with Gasteiger partial charge in [0.25, 0.3) is 5.91 Å². The van der Waals surface area contributed by atoms with Gasteiger partial charge in [0.1, 0.15) is 6.26 Å². The van der Waals surface area contributed by atoms with Gasteiger partial charge in [-0.1, -0.05) is 0 Å². The molecule has 0 saturated heterocycles. The summed E-state index contributed by atoms with van der Waals surface area (Å²) >= 11 is 0. The van der Waals surface area contributed by atoms with Crippen molar-refractivity contribution in [2.45, 2.75) is 19.9 Å². The number of amides is 1. The molecular weight excluding hydrogens is 238 g/mol. The van der Waals surface area contributed by atoms with Crippen LogP contribution in [0.5, 0.6) is 0 Å². The van der Waals surface area contributed by atoms with Crippen molar-refractivity contribution in [3.05, 3.63) is 23.7 Å². The summed E-state index contributed by atoms with van der Waals surface area (Å²) in [5.41, 5.74) is -0.0335. The van der Waals surface area contributed by atoms with Crippen LogP contribution in [0.25, 0.3) is 0 Å². The van der Waals surface area contributed by atoms with Crippen LogP contribution in [0.15, 0.2) is 16.7 Å². The Morgan fingerprint density at radius 1 is 1.56 bits per heavy atom. The minimum atomic E-state index is -1.12. The molecule has 0 aliphatic carbocycles. The fourth-order valence-corrected chi connectivity index (χ4v) is 1.69. The Bertz CT molecular complexity index is 426. The third-order valence-electron chi connectivity index (χ3n) is 2.60. The van der Waals surface area contributed by atoms with Crippen LogP contribution < -0.4 is 0 Å². The van der Waals surface area contributed by atoms with Gasteiger partial charge in [0, 0.05) is 19.7 Å². The standard InChI is InChI=1S/C12H17NO5/c1-4-13(8(2)6-17-3)11(14)10-5-9(7-18-10)12(15)16/h5,7-8H,4,6H2,1-3H3,(H,15,16). The van der Waals surface area contributed by atoms with E-state index in [1.54, 1.807) is 12.0 Å². The molecule has 100 valence electrons. The van der Waals surface area contributed by atoms with Crippen molar-refractivity contribution >= 4 is 11.9 Å². The van der Waals surface area contributed by atoms with E-state index < -0.39 is 5.97 Å². The largest absolute Gasteiger partial charge is 0.478 e. The highest BCUT2D eigenvalue weighted by molar-refractivity contribution is 5.95. The lowest BCUT2D eigenvalue weighted by Gasteiger charge is -2.26. The molecule has 1 rings (SSSR count). The molecule has 0 bridgehead atoms. The zero-order valence-electron chi connectivity index (χ0n) is 10.7. The maximum Gasteiger partial charge on any atom is 0.338 e. The molecule has 1 unspecified atom stereocenters. The number of aromatic carboxylic acids is 1. The summed E-state index contributed by atoms with van der Waals surface area (Å²) in [6.45, 7) is 4.59. The second-order valence-electron chi connectivity index (χ2n) is 3.90. The van der Waals surface area contributed by atoms with Gasteiger partial charge in [0.15, 0.2) is 5.76 Å². The molecule has 1 aromatic rings. The van der Waals surface area contributed by atoms with E-state index in [9.17, 15) is 9.59 Å². The highest BCUT2D eigenvalue weighted by atomic mass is 16.5. The van der Waals surface area contributed by atoms with E-state index in [2.05, 4.69) is 0 Å². The van der Waals surface area contributed by atoms with Crippen molar-refractivity contribution in [3.63, 3.8) is 0 Å². The highest BCUT2D eigenvalue weighted by Gasteiger charge is 2.23. The number of furan rings is 1. The lowest BCUT2D eigenvalue weighted by Crippen LogP contribution is -2.40. The monoisotopic (exact) mass is 255 g/mol. The molecule has 0 fully saturated rings. The topological polar surface area (TPSA) is 80.0 Å². The first-order valence-corrected chi connectivity index (χ1v) is 5.63. The zero-order valence-corrected chi connectivity index (χ0v) is 10.7. The summed E-state index contributed by atoms with van der Waals surface area (Å²) in [4.78, 5) is 24.4. The van der Waals surface area contributed by atoms with E-state index >= 15 is 0 Å². The first-order valence-electron chi connectivity index (χ1n) is 5.63. The van der Waals surface area contributed by atoms with Crippen molar-refractivity contribution in [2.24, 2.45) is 0 Å². The van der Waals surface area contributed by atoms with Gasteiger partial charge in [-0.25, -0.2) is 4.79 Å². The van der Waals surface area contributed by atoms with Crippen molar-refractivity contribution in [3.8, 4) is 0 Å². The minimum absolute atomic E-state index is 0.0252. The summed E-state index contributed by atoms with van der Waals surface area (Å²) in [5, 5.41) is 8.76. The van der Waals surface area contributed by atoms with Crippen LogP contribution in [0, 0.1) is 0 Å². The summed E-state index contributed by atoms with van der Waals surface area (Å²) in [7, 11) is 1.56. The summed E-state index contributed by atoms with van der Waals surface area (Å²) in [6.07, 6.45) is 1.06. The Balaban J connectivity index is 2.85. The van der Waals surface area contributed by atoms with Crippen LogP contribution in [0.2, 0.25) is 0 Å². The van der Waals surface area contributed by atoms with Gasteiger partial charge in [-0.05, 0) is 13.8 Å². The Labute approximate surface area is 105 Å². The van der Waals surface area contributed by atoms with Crippen LogP contribution in [-0.2, 0) is 4.74 Å². The van der Waals surface area contributed by atoms with Gasteiger partial charge in [0.2, 0.25) is 0 Å². The Morgan fingerprint density at radius 3 is 2.67 bits per heavy atom. The van der Waals surface area contributed by atoms with E-state index in [0.717, 1.165) is 6.26 Å². The number of rotatable bonds is 6. The summed E-state index contributed by atoms with van der Waals surface area (Å²) in [6, 6.07) is 1.12. The maximum atomic E-state index is 12.1. The first-order chi connectivity index (χ1) is 8.51. The van der Waals surface area contributed by atoms with Gasteiger partial charge in [0.05, 0.1) is 18.2 Å². The molecule has 0 aromatic carbocycles. The number of carbonyl (C=O) groups is 2. The zero-order chi connectivity index (χ0) is 13.7. The highest BCUT2D eigenvalue weighted by Crippen LogP contribution is 2.13. The van der Waals surface area contributed by atoms with E-state index in [-0.39, 0.29) is 23.3 Å². The van der Waals surface area contributed by atoms with Crippen LogP contribution in [0.4, 0.5) is 0 Å². The van der Waals surface area contributed by atoms with Crippen LogP contribution in [0.3, 0.4) is 0 Å². The maximum absolute atomic E-state index is 12.1. The SMILES string of the molecule is CCN(C(=O)c1cc(C(=O)O)co1)C(C)COC. The number of methoxy groups -OCH3 is 1. The van der Waals surface area contributed by atoms with Crippen molar-refractivity contribution < 1.29 is 23.8 Å². The molecule has 1 atom stereocenters. The first kappa shape index (κ1) is 14.2. The van der Waals surface area contributed by atoms with Crippen LogP contribution in [0.1, 0.15) is 34.8 Å². The average Bonchev–Trinajstić information content (AvgIpc) is 2.79. The van der Waals surface area contributed by atoms with E-state index in [0.29, 0.717) is 13.2 Å². The number of nitrogens with zero attached hydrogens (tertiary/aromatic N) is 1. The molecule has 1 N–H and O–H groups in total. The van der Waals surface area contributed by atoms with Gasteiger partial charge >= 0.3 is 5.97 Å². The lowest BCUT2D eigenvalue weighted by molar-refractivity contribution is 0.0549. The molecule has 1 aromatic heterocycles. The quantitative estimate of drug-likeness (QED) is 0.832. The molecule has 0 saturated carbocycles. The van der Waals surface area contributed by atoms with Gasteiger partial charge < -0.3 is 19.2 Å². The normalized spacial score (nSPS) is 12.2. The molecular formula is C12H17NO5. The number of hydrogen-bond acceptors (Lipinski definition) is 4. The molecule has 0 aliphatic rings. The fourth-order valence-electron chi connectivity index (χ4n) is 1.69. The number of carbonyl (C=O) groups excluding carboxylic acids is 1. The number of hydrogen-bond donors (Lipinski definition) is 1. The Kier molecular flexibility index (Phi) is 4.91. The molecule has 0 spiro atoms. The molecule has 1 amide bonds. The van der Waals surface area contributed by atoms with Crippen LogP contribution in [-0.4, -0.2) is 48.2 Å². The van der Waals surface area contributed by atoms with Crippen molar-refractivity contribution in [1.82, 2.24) is 4.90 Å². The number of carboxylic acid groups (broad SMARTS) is 1. The predicted octanol–water partition coefficient (Wildman–Crippen LogP) is 1.47. The molecule has 6 heteroatoms. The second-order valence-corrected chi connectivity index (χ2v) is 3.90. The van der Waals surface area contributed by atoms with E-state index in [4.69, 9.17) is 14.3 Å². The van der Waals surface area contributed by atoms with Gasteiger partial charge in [-0.3, -0.25) is 4.79 Å². The average molecular weight is 255 g/mol. The third-order valence-corrected chi connectivity index (χ3v) is 2.60. The van der Waals surface area contributed by atoms with Gasteiger partial charge in [-0.2, -0.15) is 0 Å². The minimum Gasteiger partial charge on any atom is -0.478 e. The number of likely N-dealkylation sites (N-methyl/N-ethyl adjacent to an activating group) is 1. The molecule has 0 radical (unpaired) electrons. The molecule has 1 heterocycles. The Hall–Kier alpha value is -1.82. The van der Waals surface area contributed by atoms with Crippen molar-refractivity contribution in [1.29, 1.82) is 0 Å². The smallest absolute Gasteiger partial charge is 0.338 e. The molecule has 6 nitrogen and oxygen atoms in total. The van der Waals surface area contributed by atoms with E-state index in [1.165, 1.54) is 6.07 Å². The lowest BCUT2D eigenvalue weighted by atomic mass is 10.2. The molecule has 0 aliphatic heterocycles.